The highest BCUT2D eigenvalue weighted by molar-refractivity contribution is 4.86. The van der Waals surface area contributed by atoms with Crippen LogP contribution >= 0.6 is 0 Å². The normalized spacial score (nSPS) is 16.9. The first-order valence-corrected chi connectivity index (χ1v) is 3.01. The predicted octanol–water partition coefficient (Wildman–Crippen LogP) is 0.745. The van der Waals surface area contributed by atoms with Gasteiger partial charge < -0.3 is 4.90 Å². The second-order valence-electron chi connectivity index (χ2n) is 1.93. The maximum absolute atomic E-state index is 4.03. The van der Waals surface area contributed by atoms with Crippen LogP contribution in [0, 0.1) is 0 Å². The van der Waals surface area contributed by atoms with Crippen molar-refractivity contribution in [2.75, 3.05) is 13.2 Å². The van der Waals surface area contributed by atoms with Gasteiger partial charge in [-0.05, 0) is 6.42 Å². The minimum absolute atomic E-state index is 0.869. The minimum Gasteiger partial charge on any atom is -0.357 e. The van der Waals surface area contributed by atoms with Crippen LogP contribution in [0.3, 0.4) is 0 Å². The number of hydrogen-bond acceptors (Lipinski definition) is 1. The van der Waals surface area contributed by atoms with Gasteiger partial charge in [0.25, 0.3) is 0 Å². The Morgan fingerprint density at radius 3 is 3.12 bits per heavy atom. The van der Waals surface area contributed by atoms with E-state index >= 15 is 0 Å². The lowest BCUT2D eigenvalue weighted by molar-refractivity contribution is 0.389. The van der Waals surface area contributed by atoms with E-state index in [0.29, 0.717) is 0 Å². The van der Waals surface area contributed by atoms with E-state index in [1.54, 1.807) is 0 Å². The molecule has 2 heteroatoms. The van der Waals surface area contributed by atoms with Crippen LogP contribution in [0.5, 0.6) is 0 Å². The van der Waals surface area contributed by atoms with Crippen molar-refractivity contribution < 1.29 is 0 Å². The van der Waals surface area contributed by atoms with Crippen molar-refractivity contribution in [2.24, 2.45) is 0 Å². The van der Waals surface area contributed by atoms with E-state index in [1.165, 1.54) is 6.42 Å². The van der Waals surface area contributed by atoms with Crippen LogP contribution in [0.25, 0.3) is 0 Å². The highest BCUT2D eigenvalue weighted by Gasteiger charge is 2.00. The first kappa shape index (κ1) is 5.48. The zero-order valence-corrected chi connectivity index (χ0v) is 5.17. The first-order chi connectivity index (χ1) is 3.93. The van der Waals surface area contributed by atoms with E-state index in [9.17, 15) is 0 Å². The van der Waals surface area contributed by atoms with Gasteiger partial charge in [-0.1, -0.05) is 6.92 Å². The standard InChI is InChI=1S/C6H11N2/c1-2-4-8-5-3-7-6-8/h3,5H,2,4,6H2,1H3. The summed E-state index contributed by atoms with van der Waals surface area (Å²) in [5.74, 6) is 0. The van der Waals surface area contributed by atoms with Gasteiger partial charge in [0.1, 0.15) is 6.67 Å². The van der Waals surface area contributed by atoms with Gasteiger partial charge in [0.2, 0.25) is 0 Å². The SMILES string of the molecule is CCCN1C=C[N]C1. The Balaban J connectivity index is 2.16. The van der Waals surface area contributed by atoms with Crippen molar-refractivity contribution in [3.05, 3.63) is 12.4 Å². The van der Waals surface area contributed by atoms with Crippen LogP contribution in [0.15, 0.2) is 12.4 Å². The molecule has 1 aliphatic heterocycles. The Morgan fingerprint density at radius 1 is 1.75 bits per heavy atom. The average Bonchev–Trinajstić information content (AvgIpc) is 2.19. The first-order valence-electron chi connectivity index (χ1n) is 3.01. The molecule has 0 unspecified atom stereocenters. The van der Waals surface area contributed by atoms with E-state index in [2.05, 4.69) is 17.1 Å². The summed E-state index contributed by atoms with van der Waals surface area (Å²) in [6, 6.07) is 0. The van der Waals surface area contributed by atoms with E-state index < -0.39 is 0 Å². The van der Waals surface area contributed by atoms with Gasteiger partial charge in [-0.25, -0.2) is 0 Å². The van der Waals surface area contributed by atoms with Crippen molar-refractivity contribution in [1.29, 1.82) is 0 Å². The Morgan fingerprint density at radius 2 is 2.62 bits per heavy atom. The molecule has 45 valence electrons. The molecule has 0 amide bonds. The Bertz CT molecular complexity index is 88.5. The molecule has 0 fully saturated rings. The highest BCUT2D eigenvalue weighted by atomic mass is 15.2. The average molecular weight is 111 g/mol. The van der Waals surface area contributed by atoms with Crippen molar-refractivity contribution in [1.82, 2.24) is 10.2 Å². The second-order valence-corrected chi connectivity index (χ2v) is 1.93. The van der Waals surface area contributed by atoms with E-state index in [1.807, 2.05) is 12.4 Å². The quantitative estimate of drug-likeness (QED) is 0.514. The van der Waals surface area contributed by atoms with Gasteiger partial charge in [-0.15, -0.1) is 0 Å². The van der Waals surface area contributed by atoms with Gasteiger partial charge in [0, 0.05) is 18.9 Å². The summed E-state index contributed by atoms with van der Waals surface area (Å²) < 4.78 is 0. The van der Waals surface area contributed by atoms with Gasteiger partial charge in [0.05, 0.1) is 0 Å². The van der Waals surface area contributed by atoms with Crippen LogP contribution in [0.4, 0.5) is 0 Å². The molecule has 0 saturated heterocycles. The zero-order chi connectivity index (χ0) is 5.82. The monoisotopic (exact) mass is 111 g/mol. The number of rotatable bonds is 2. The van der Waals surface area contributed by atoms with Crippen molar-refractivity contribution in [2.45, 2.75) is 13.3 Å². The molecule has 1 heterocycles. The summed E-state index contributed by atoms with van der Waals surface area (Å²) in [6.45, 7) is 4.18. The summed E-state index contributed by atoms with van der Waals surface area (Å²) in [6.07, 6.45) is 5.10. The Labute approximate surface area is 50.2 Å². The minimum atomic E-state index is 0.869. The summed E-state index contributed by atoms with van der Waals surface area (Å²) in [5.41, 5.74) is 0. The molecule has 1 aliphatic rings. The summed E-state index contributed by atoms with van der Waals surface area (Å²) in [4.78, 5) is 2.19. The predicted molar refractivity (Wildman–Crippen MR) is 33.1 cm³/mol. The molecule has 2 nitrogen and oxygen atoms in total. The van der Waals surface area contributed by atoms with Gasteiger partial charge in [-0.2, -0.15) is 0 Å². The fourth-order valence-electron chi connectivity index (χ4n) is 0.773. The van der Waals surface area contributed by atoms with Crippen LogP contribution in [0.1, 0.15) is 13.3 Å². The molecule has 0 aliphatic carbocycles. The third-order valence-corrected chi connectivity index (χ3v) is 1.16. The molecule has 0 spiro atoms. The molecule has 0 N–H and O–H groups in total. The molecule has 0 aromatic heterocycles. The Hall–Kier alpha value is -0.660. The van der Waals surface area contributed by atoms with Gasteiger partial charge in [-0.3, -0.25) is 5.32 Å². The fourth-order valence-corrected chi connectivity index (χ4v) is 0.773. The highest BCUT2D eigenvalue weighted by Crippen LogP contribution is 1.95. The number of hydrogen-bond donors (Lipinski definition) is 0. The second kappa shape index (κ2) is 2.60. The molecule has 0 atom stereocenters. The van der Waals surface area contributed by atoms with Gasteiger partial charge >= 0.3 is 0 Å². The molecule has 0 aromatic carbocycles. The molecular formula is C6H11N2. The van der Waals surface area contributed by atoms with Crippen molar-refractivity contribution in [3.63, 3.8) is 0 Å². The Kier molecular flexibility index (Phi) is 1.78. The summed E-state index contributed by atoms with van der Waals surface area (Å²) >= 11 is 0. The molecule has 8 heavy (non-hydrogen) atoms. The van der Waals surface area contributed by atoms with Crippen LogP contribution in [0.2, 0.25) is 0 Å². The molecule has 0 saturated carbocycles. The van der Waals surface area contributed by atoms with Crippen LogP contribution in [-0.4, -0.2) is 18.1 Å². The lowest BCUT2D eigenvalue weighted by atomic mass is 10.4. The third kappa shape index (κ3) is 1.15. The van der Waals surface area contributed by atoms with Crippen molar-refractivity contribution >= 4 is 0 Å². The summed E-state index contributed by atoms with van der Waals surface area (Å²) in [5, 5.41) is 4.03. The van der Waals surface area contributed by atoms with Crippen LogP contribution < -0.4 is 5.32 Å². The molecule has 0 bridgehead atoms. The third-order valence-electron chi connectivity index (χ3n) is 1.16. The molecule has 0 aromatic rings. The zero-order valence-electron chi connectivity index (χ0n) is 5.17. The largest absolute Gasteiger partial charge is 0.357 e. The summed E-state index contributed by atoms with van der Waals surface area (Å²) in [7, 11) is 0. The van der Waals surface area contributed by atoms with E-state index in [-0.39, 0.29) is 0 Å². The van der Waals surface area contributed by atoms with E-state index in [0.717, 1.165) is 13.2 Å². The smallest absolute Gasteiger partial charge is 0.109 e. The molecule has 1 radical (unpaired) electrons. The fraction of sp³-hybridized carbons (Fsp3) is 0.667. The van der Waals surface area contributed by atoms with Crippen molar-refractivity contribution in [3.8, 4) is 0 Å². The maximum Gasteiger partial charge on any atom is 0.109 e. The number of nitrogens with zero attached hydrogens (tertiary/aromatic N) is 2. The van der Waals surface area contributed by atoms with Crippen LogP contribution in [-0.2, 0) is 0 Å². The molecular weight excluding hydrogens is 100 g/mol. The molecule has 1 rings (SSSR count). The maximum atomic E-state index is 4.03. The lowest BCUT2D eigenvalue weighted by Gasteiger charge is -2.10. The lowest BCUT2D eigenvalue weighted by Crippen LogP contribution is -2.17. The van der Waals surface area contributed by atoms with E-state index in [4.69, 9.17) is 0 Å². The van der Waals surface area contributed by atoms with Gasteiger partial charge in [0.15, 0.2) is 0 Å². The topological polar surface area (TPSA) is 17.3 Å².